The van der Waals surface area contributed by atoms with Gasteiger partial charge in [-0.05, 0) is 23.8 Å². The lowest BCUT2D eigenvalue weighted by Crippen LogP contribution is -2.10. The number of halogens is 1. The third-order valence-corrected chi connectivity index (χ3v) is 3.53. The van der Waals surface area contributed by atoms with Gasteiger partial charge in [-0.2, -0.15) is 11.8 Å². The number of amidine groups is 1. The van der Waals surface area contributed by atoms with Crippen LogP contribution in [0.3, 0.4) is 0 Å². The smallest absolute Gasteiger partial charge is 0.122 e. The molecule has 0 aliphatic rings. The highest BCUT2D eigenvalue weighted by Gasteiger charge is 2.03. The minimum atomic E-state index is 0.0599. The number of thioether (sulfide) groups is 1. The summed E-state index contributed by atoms with van der Waals surface area (Å²) >= 11 is 7.95. The highest BCUT2D eigenvalue weighted by molar-refractivity contribution is 7.98. The molecule has 0 saturated carbocycles. The first-order valence-corrected chi connectivity index (χ1v) is 6.39. The summed E-state index contributed by atoms with van der Waals surface area (Å²) in [7, 11) is 0. The highest BCUT2D eigenvalue weighted by atomic mass is 35.5. The third kappa shape index (κ3) is 3.76. The van der Waals surface area contributed by atoms with Crippen LogP contribution in [0.5, 0.6) is 0 Å². The van der Waals surface area contributed by atoms with Gasteiger partial charge in [-0.3, -0.25) is 5.41 Å². The number of nitrogen functional groups attached to an aromatic ring is 1. The summed E-state index contributed by atoms with van der Waals surface area (Å²) in [5.74, 6) is 2.12. The molecule has 1 aromatic rings. The van der Waals surface area contributed by atoms with E-state index < -0.39 is 0 Å². The maximum Gasteiger partial charge on any atom is 0.122 e. The van der Waals surface area contributed by atoms with E-state index >= 15 is 0 Å². The van der Waals surface area contributed by atoms with Gasteiger partial charge < -0.3 is 5.73 Å². The molecule has 0 radical (unpaired) electrons. The standard InChI is InChI=1S/C11H15ClN2S/c1-2-5-15-7-9-4-3-8(11(13)14)6-10(9)12/h3-4,6H,2,5,7H2,1H3,(H3,13,14). The van der Waals surface area contributed by atoms with Crippen molar-refractivity contribution in [3.63, 3.8) is 0 Å². The van der Waals surface area contributed by atoms with Crippen molar-refractivity contribution in [2.75, 3.05) is 5.75 Å². The van der Waals surface area contributed by atoms with E-state index in [9.17, 15) is 0 Å². The number of benzene rings is 1. The van der Waals surface area contributed by atoms with Gasteiger partial charge >= 0.3 is 0 Å². The second-order valence-electron chi connectivity index (χ2n) is 3.27. The molecular formula is C11H15ClN2S. The van der Waals surface area contributed by atoms with Crippen LogP contribution in [-0.2, 0) is 5.75 Å². The molecule has 1 aromatic carbocycles. The Labute approximate surface area is 99.7 Å². The van der Waals surface area contributed by atoms with E-state index in [0.29, 0.717) is 10.6 Å². The summed E-state index contributed by atoms with van der Waals surface area (Å²) in [5, 5.41) is 7.98. The summed E-state index contributed by atoms with van der Waals surface area (Å²) in [4.78, 5) is 0. The number of hydrogen-bond acceptors (Lipinski definition) is 2. The first kappa shape index (κ1) is 12.4. The van der Waals surface area contributed by atoms with Gasteiger partial charge in [0.15, 0.2) is 0 Å². The van der Waals surface area contributed by atoms with Gasteiger partial charge in [-0.25, -0.2) is 0 Å². The van der Waals surface area contributed by atoms with Crippen molar-refractivity contribution in [1.82, 2.24) is 0 Å². The molecule has 0 unspecified atom stereocenters. The van der Waals surface area contributed by atoms with E-state index in [1.54, 1.807) is 6.07 Å². The Morgan fingerprint density at radius 2 is 2.27 bits per heavy atom. The lowest BCUT2D eigenvalue weighted by atomic mass is 10.1. The Hall–Kier alpha value is -0.670. The van der Waals surface area contributed by atoms with E-state index in [2.05, 4.69) is 6.92 Å². The topological polar surface area (TPSA) is 49.9 Å². The van der Waals surface area contributed by atoms with Crippen molar-refractivity contribution < 1.29 is 0 Å². The summed E-state index contributed by atoms with van der Waals surface area (Å²) in [6, 6.07) is 5.55. The zero-order chi connectivity index (χ0) is 11.3. The summed E-state index contributed by atoms with van der Waals surface area (Å²) in [6.45, 7) is 2.16. The van der Waals surface area contributed by atoms with Gasteiger partial charge in [0, 0.05) is 16.3 Å². The van der Waals surface area contributed by atoms with Gasteiger partial charge in [0.1, 0.15) is 5.84 Å². The lowest BCUT2D eigenvalue weighted by Gasteiger charge is -2.05. The number of hydrogen-bond donors (Lipinski definition) is 2. The number of nitrogens with two attached hydrogens (primary N) is 1. The maximum atomic E-state index is 7.28. The minimum absolute atomic E-state index is 0.0599. The normalized spacial score (nSPS) is 10.3. The molecular weight excluding hydrogens is 228 g/mol. The molecule has 0 aromatic heterocycles. The van der Waals surface area contributed by atoms with Crippen LogP contribution in [0, 0.1) is 5.41 Å². The SMILES string of the molecule is CCCSCc1ccc(C(=N)N)cc1Cl. The molecule has 15 heavy (non-hydrogen) atoms. The van der Waals surface area contributed by atoms with Crippen molar-refractivity contribution in [2.24, 2.45) is 5.73 Å². The van der Waals surface area contributed by atoms with Crippen molar-refractivity contribution in [3.05, 3.63) is 34.3 Å². The Morgan fingerprint density at radius 3 is 2.80 bits per heavy atom. The molecule has 0 atom stereocenters. The molecule has 0 saturated heterocycles. The highest BCUT2D eigenvalue weighted by Crippen LogP contribution is 2.22. The zero-order valence-corrected chi connectivity index (χ0v) is 10.3. The monoisotopic (exact) mass is 242 g/mol. The Bertz CT molecular complexity index is 352. The molecule has 1 rings (SSSR count). The van der Waals surface area contributed by atoms with Crippen LogP contribution in [0.1, 0.15) is 24.5 Å². The van der Waals surface area contributed by atoms with Crippen molar-refractivity contribution in [2.45, 2.75) is 19.1 Å². The second kappa shape index (κ2) is 6.03. The zero-order valence-electron chi connectivity index (χ0n) is 8.72. The summed E-state index contributed by atoms with van der Waals surface area (Å²) in [5.41, 5.74) is 7.17. The van der Waals surface area contributed by atoms with Crippen LogP contribution >= 0.6 is 23.4 Å². The molecule has 0 aliphatic carbocycles. The van der Waals surface area contributed by atoms with Gasteiger partial charge in [-0.1, -0.05) is 30.7 Å². The number of nitrogens with one attached hydrogen (secondary N) is 1. The largest absolute Gasteiger partial charge is 0.384 e. The molecule has 0 aliphatic heterocycles. The minimum Gasteiger partial charge on any atom is -0.384 e. The molecule has 0 amide bonds. The van der Waals surface area contributed by atoms with E-state index in [1.807, 2.05) is 23.9 Å². The summed E-state index contributed by atoms with van der Waals surface area (Å²) < 4.78 is 0. The van der Waals surface area contributed by atoms with Crippen molar-refractivity contribution >= 4 is 29.2 Å². The molecule has 0 bridgehead atoms. The van der Waals surface area contributed by atoms with Crippen LogP contribution in [0.25, 0.3) is 0 Å². The average Bonchev–Trinajstić information content (AvgIpc) is 2.20. The lowest BCUT2D eigenvalue weighted by molar-refractivity contribution is 1.10. The fourth-order valence-electron chi connectivity index (χ4n) is 1.16. The van der Waals surface area contributed by atoms with E-state index in [-0.39, 0.29) is 5.84 Å². The van der Waals surface area contributed by atoms with E-state index in [4.69, 9.17) is 22.7 Å². The maximum absolute atomic E-state index is 7.28. The second-order valence-corrected chi connectivity index (χ2v) is 4.78. The fraction of sp³-hybridized carbons (Fsp3) is 0.364. The van der Waals surface area contributed by atoms with E-state index in [1.165, 1.54) is 6.42 Å². The van der Waals surface area contributed by atoms with Crippen LogP contribution in [-0.4, -0.2) is 11.6 Å². The molecule has 0 heterocycles. The molecule has 0 fully saturated rings. The quantitative estimate of drug-likeness (QED) is 0.473. The van der Waals surface area contributed by atoms with Gasteiger partial charge in [0.05, 0.1) is 0 Å². The molecule has 2 nitrogen and oxygen atoms in total. The van der Waals surface area contributed by atoms with Crippen LogP contribution in [0.4, 0.5) is 0 Å². The van der Waals surface area contributed by atoms with Crippen LogP contribution in [0.2, 0.25) is 5.02 Å². The number of rotatable bonds is 5. The van der Waals surface area contributed by atoms with E-state index in [0.717, 1.165) is 17.1 Å². The predicted octanol–water partition coefficient (Wildman–Crippen LogP) is 3.27. The summed E-state index contributed by atoms with van der Waals surface area (Å²) in [6.07, 6.45) is 1.17. The Balaban J connectivity index is 2.70. The molecule has 3 N–H and O–H groups in total. The first-order valence-electron chi connectivity index (χ1n) is 4.85. The first-order chi connectivity index (χ1) is 7.15. The predicted molar refractivity (Wildman–Crippen MR) is 68.9 cm³/mol. The van der Waals surface area contributed by atoms with Crippen LogP contribution < -0.4 is 5.73 Å². The van der Waals surface area contributed by atoms with Gasteiger partial charge in [-0.15, -0.1) is 0 Å². The Morgan fingerprint density at radius 1 is 1.53 bits per heavy atom. The molecule has 82 valence electrons. The fourth-order valence-corrected chi connectivity index (χ4v) is 2.39. The van der Waals surface area contributed by atoms with Gasteiger partial charge in [0.2, 0.25) is 0 Å². The molecule has 4 heteroatoms. The van der Waals surface area contributed by atoms with Gasteiger partial charge in [0.25, 0.3) is 0 Å². The average molecular weight is 243 g/mol. The van der Waals surface area contributed by atoms with Crippen molar-refractivity contribution in [3.8, 4) is 0 Å². The van der Waals surface area contributed by atoms with Crippen LogP contribution in [0.15, 0.2) is 18.2 Å². The Kier molecular flexibility index (Phi) is 4.99. The van der Waals surface area contributed by atoms with Crippen molar-refractivity contribution in [1.29, 1.82) is 5.41 Å². The molecule has 0 spiro atoms. The third-order valence-electron chi connectivity index (χ3n) is 1.97.